The van der Waals surface area contributed by atoms with E-state index in [1.165, 1.54) is 31.4 Å². The van der Waals surface area contributed by atoms with Crippen LogP contribution >= 0.6 is 11.6 Å². The summed E-state index contributed by atoms with van der Waals surface area (Å²) in [4.78, 5) is 14.3. The zero-order chi connectivity index (χ0) is 21.6. The number of nitrogens with one attached hydrogen (secondary N) is 1. The lowest BCUT2D eigenvalue weighted by Crippen LogP contribution is -2.39. The first-order valence-electron chi connectivity index (χ1n) is 8.57. The molecule has 0 aromatic heterocycles. The summed E-state index contributed by atoms with van der Waals surface area (Å²) in [5.41, 5.74) is 1.46. The molecule has 1 unspecified atom stereocenters. The molecule has 2 aromatic rings. The van der Waals surface area contributed by atoms with Crippen molar-refractivity contribution in [2.45, 2.75) is 26.1 Å². The number of carbonyl (C=O) groups excluding carboxylic acids is 1. The van der Waals surface area contributed by atoms with Crippen molar-refractivity contribution < 1.29 is 23.0 Å². The molecular weight excluding hydrogens is 404 g/mol. The quantitative estimate of drug-likeness (QED) is 0.686. The normalized spacial score (nSPS) is 11.8. The number of alkyl halides is 2. The third-order valence-corrected chi connectivity index (χ3v) is 4.59. The first-order chi connectivity index (χ1) is 13.7. The smallest absolute Gasteiger partial charge is 0.387 e. The second-order valence-electron chi connectivity index (χ2n) is 6.25. The van der Waals surface area contributed by atoms with Crippen molar-refractivity contribution in [1.82, 2.24) is 4.90 Å². The summed E-state index contributed by atoms with van der Waals surface area (Å²) >= 11 is 5.98. The molecule has 0 heterocycles. The van der Waals surface area contributed by atoms with Gasteiger partial charge in [-0.1, -0.05) is 17.7 Å². The zero-order valence-corrected chi connectivity index (χ0v) is 16.8. The van der Waals surface area contributed by atoms with E-state index in [-0.39, 0.29) is 22.4 Å². The average molecular weight is 424 g/mol. The molecule has 1 amide bonds. The van der Waals surface area contributed by atoms with Crippen molar-refractivity contribution in [2.75, 3.05) is 19.5 Å². The molecule has 1 atom stereocenters. The lowest BCUT2D eigenvalue weighted by atomic mass is 10.1. The highest BCUT2D eigenvalue weighted by atomic mass is 35.5. The van der Waals surface area contributed by atoms with Crippen LogP contribution < -0.4 is 14.8 Å². The van der Waals surface area contributed by atoms with Crippen LogP contribution in [0.15, 0.2) is 36.4 Å². The van der Waals surface area contributed by atoms with Crippen molar-refractivity contribution in [1.29, 1.82) is 5.26 Å². The number of nitrogens with zero attached hydrogens (tertiary/aromatic N) is 2. The minimum atomic E-state index is -2.97. The van der Waals surface area contributed by atoms with Gasteiger partial charge in [-0.05, 0) is 49.9 Å². The molecule has 0 saturated heterocycles. The number of benzene rings is 2. The summed E-state index contributed by atoms with van der Waals surface area (Å²) in [7, 11) is 3.09. The van der Waals surface area contributed by atoms with Gasteiger partial charge in [0.15, 0.2) is 11.5 Å². The predicted octanol–water partition coefficient (Wildman–Crippen LogP) is 4.28. The van der Waals surface area contributed by atoms with E-state index >= 15 is 0 Å². The monoisotopic (exact) mass is 423 g/mol. The number of hydrogen-bond donors (Lipinski definition) is 1. The van der Waals surface area contributed by atoms with Crippen LogP contribution in [0.4, 0.5) is 14.5 Å². The Morgan fingerprint density at radius 3 is 2.59 bits per heavy atom. The molecule has 0 spiro atoms. The van der Waals surface area contributed by atoms with E-state index in [0.29, 0.717) is 23.4 Å². The van der Waals surface area contributed by atoms with Crippen LogP contribution in [0.2, 0.25) is 5.02 Å². The van der Waals surface area contributed by atoms with Crippen LogP contribution in [-0.4, -0.2) is 37.6 Å². The Morgan fingerprint density at radius 1 is 1.28 bits per heavy atom. The molecule has 0 bridgehead atoms. The minimum absolute atomic E-state index is 0.0715. The number of amides is 1. The van der Waals surface area contributed by atoms with E-state index in [2.05, 4.69) is 10.1 Å². The summed E-state index contributed by atoms with van der Waals surface area (Å²) in [6, 6.07) is 10.7. The highest BCUT2D eigenvalue weighted by Crippen LogP contribution is 2.30. The molecule has 0 saturated carbocycles. The molecule has 0 aliphatic rings. The van der Waals surface area contributed by atoms with Crippen LogP contribution in [0.25, 0.3) is 0 Å². The van der Waals surface area contributed by atoms with Crippen LogP contribution in [0.5, 0.6) is 11.5 Å². The van der Waals surface area contributed by atoms with E-state index in [9.17, 15) is 13.6 Å². The second-order valence-corrected chi connectivity index (χ2v) is 6.66. The van der Waals surface area contributed by atoms with Crippen molar-refractivity contribution in [3.05, 3.63) is 52.5 Å². The highest BCUT2D eigenvalue weighted by Gasteiger charge is 2.20. The third-order valence-electron chi connectivity index (χ3n) is 4.27. The molecule has 0 aliphatic carbocycles. The Morgan fingerprint density at radius 2 is 2.00 bits per heavy atom. The zero-order valence-electron chi connectivity index (χ0n) is 16.1. The Kier molecular flexibility index (Phi) is 7.76. The molecule has 2 rings (SSSR count). The van der Waals surface area contributed by atoms with Gasteiger partial charge in [0.2, 0.25) is 5.91 Å². The molecule has 1 N–H and O–H groups in total. The standard InChI is InChI=1S/C20H20ClF2N3O3/c1-12(19(27)25-15-6-5-14(10-24)16(21)9-15)26(2)11-13-4-7-17(28-3)18(8-13)29-20(22)23/h4-9,12,20H,11H2,1-3H3,(H,25,27). The molecule has 9 heteroatoms. The van der Waals surface area contributed by atoms with Crippen LogP contribution in [0.1, 0.15) is 18.1 Å². The van der Waals surface area contributed by atoms with Gasteiger partial charge in [-0.3, -0.25) is 9.69 Å². The predicted molar refractivity (Wildman–Crippen MR) is 105 cm³/mol. The Labute approximate surface area is 172 Å². The van der Waals surface area contributed by atoms with Crippen molar-refractivity contribution in [3.8, 4) is 17.6 Å². The Hall–Kier alpha value is -2.89. The first kappa shape index (κ1) is 22.4. The van der Waals surface area contributed by atoms with Crippen LogP contribution in [-0.2, 0) is 11.3 Å². The molecule has 0 aliphatic heterocycles. The van der Waals surface area contributed by atoms with Gasteiger partial charge in [0.1, 0.15) is 6.07 Å². The summed E-state index contributed by atoms with van der Waals surface area (Å²) < 4.78 is 34.7. The van der Waals surface area contributed by atoms with Gasteiger partial charge in [-0.2, -0.15) is 14.0 Å². The summed E-state index contributed by atoms with van der Waals surface area (Å²) in [6.45, 7) is -0.951. The van der Waals surface area contributed by atoms with Crippen LogP contribution in [0, 0.1) is 11.3 Å². The summed E-state index contributed by atoms with van der Waals surface area (Å²) in [5, 5.41) is 11.9. The van der Waals surface area contributed by atoms with Gasteiger partial charge in [0, 0.05) is 12.2 Å². The van der Waals surface area contributed by atoms with Crippen LogP contribution in [0.3, 0.4) is 0 Å². The maximum Gasteiger partial charge on any atom is 0.387 e. The highest BCUT2D eigenvalue weighted by molar-refractivity contribution is 6.32. The molecule has 0 radical (unpaired) electrons. The largest absolute Gasteiger partial charge is 0.493 e. The SMILES string of the molecule is COc1ccc(CN(C)C(C)C(=O)Nc2ccc(C#N)c(Cl)c2)cc1OC(F)F. The van der Waals surface area contributed by atoms with Gasteiger partial charge in [-0.25, -0.2) is 0 Å². The number of halogens is 3. The van der Waals surface area contributed by atoms with Gasteiger partial charge in [0.05, 0.1) is 23.7 Å². The first-order valence-corrected chi connectivity index (χ1v) is 8.95. The minimum Gasteiger partial charge on any atom is -0.493 e. The number of methoxy groups -OCH3 is 1. The topological polar surface area (TPSA) is 74.6 Å². The van der Waals surface area contributed by atoms with Gasteiger partial charge in [-0.15, -0.1) is 0 Å². The van der Waals surface area contributed by atoms with Crippen molar-refractivity contribution >= 4 is 23.2 Å². The van der Waals surface area contributed by atoms with Gasteiger partial charge >= 0.3 is 6.61 Å². The third kappa shape index (κ3) is 6.04. The number of rotatable bonds is 8. The number of carbonyl (C=O) groups is 1. The molecular formula is C20H20ClF2N3O3. The maximum absolute atomic E-state index is 12.6. The van der Waals surface area contributed by atoms with Crippen molar-refractivity contribution in [2.24, 2.45) is 0 Å². The fourth-order valence-electron chi connectivity index (χ4n) is 2.56. The van der Waals surface area contributed by atoms with Gasteiger partial charge in [0.25, 0.3) is 0 Å². The number of hydrogen-bond acceptors (Lipinski definition) is 5. The maximum atomic E-state index is 12.6. The van der Waals surface area contributed by atoms with Crippen molar-refractivity contribution in [3.63, 3.8) is 0 Å². The summed E-state index contributed by atoms with van der Waals surface area (Å²) in [6.07, 6.45) is 0. The van der Waals surface area contributed by atoms with E-state index < -0.39 is 12.7 Å². The number of ether oxygens (including phenoxy) is 2. The second kappa shape index (κ2) is 10.0. The molecule has 29 heavy (non-hydrogen) atoms. The molecule has 0 fully saturated rings. The number of anilines is 1. The Bertz CT molecular complexity index is 918. The van der Waals surface area contributed by atoms with Gasteiger partial charge < -0.3 is 14.8 Å². The Balaban J connectivity index is 2.06. The van der Waals surface area contributed by atoms with E-state index in [1.54, 1.807) is 31.0 Å². The summed E-state index contributed by atoms with van der Waals surface area (Å²) in [5.74, 6) is -0.163. The lowest BCUT2D eigenvalue weighted by molar-refractivity contribution is -0.120. The number of nitriles is 1. The fourth-order valence-corrected chi connectivity index (χ4v) is 2.79. The molecule has 2 aromatic carbocycles. The number of likely N-dealkylation sites (N-methyl/N-ethyl adjacent to an activating group) is 1. The molecule has 6 nitrogen and oxygen atoms in total. The van der Waals surface area contributed by atoms with E-state index in [1.807, 2.05) is 6.07 Å². The fraction of sp³-hybridized carbons (Fsp3) is 0.300. The lowest BCUT2D eigenvalue weighted by Gasteiger charge is -2.24. The van der Waals surface area contributed by atoms with E-state index in [0.717, 1.165) is 0 Å². The average Bonchev–Trinajstić information content (AvgIpc) is 2.67. The molecule has 154 valence electrons. The van der Waals surface area contributed by atoms with E-state index in [4.69, 9.17) is 21.6 Å².